The number of esters is 3. The zero-order chi connectivity index (χ0) is 45.1. The zero-order valence-corrected chi connectivity index (χ0v) is 40.1. The van der Waals surface area contributed by atoms with Gasteiger partial charge in [-0.25, -0.2) is 0 Å². The molecule has 0 aromatic heterocycles. The lowest BCUT2D eigenvalue weighted by Crippen LogP contribution is -2.30. The largest absolute Gasteiger partial charge is 0.462 e. The van der Waals surface area contributed by atoms with Crippen molar-refractivity contribution in [2.24, 2.45) is 0 Å². The maximum absolute atomic E-state index is 12.8. The fourth-order valence-electron chi connectivity index (χ4n) is 6.52. The maximum Gasteiger partial charge on any atom is 0.306 e. The Hall–Kier alpha value is -3.67. The first kappa shape index (κ1) is 58.3. The van der Waals surface area contributed by atoms with Gasteiger partial charge in [0.25, 0.3) is 0 Å². The topological polar surface area (TPSA) is 78.9 Å². The molecule has 0 rings (SSSR count). The normalized spacial score (nSPS) is 12.9. The van der Waals surface area contributed by atoms with Crippen LogP contribution in [0.1, 0.15) is 220 Å². The summed E-state index contributed by atoms with van der Waals surface area (Å²) in [6, 6.07) is 0. The maximum atomic E-state index is 12.8. The van der Waals surface area contributed by atoms with E-state index >= 15 is 0 Å². The van der Waals surface area contributed by atoms with Gasteiger partial charge in [-0.2, -0.15) is 0 Å². The molecule has 0 N–H and O–H groups in total. The van der Waals surface area contributed by atoms with Gasteiger partial charge in [-0.3, -0.25) is 14.4 Å². The third kappa shape index (κ3) is 47.4. The van der Waals surface area contributed by atoms with E-state index in [4.69, 9.17) is 14.2 Å². The lowest BCUT2D eigenvalue weighted by Gasteiger charge is -2.18. The van der Waals surface area contributed by atoms with Crippen molar-refractivity contribution in [3.05, 3.63) is 97.2 Å². The molecule has 0 aromatic carbocycles. The van der Waals surface area contributed by atoms with Gasteiger partial charge in [-0.1, -0.05) is 189 Å². The Kier molecular flexibility index (Phi) is 47.0. The Labute approximate surface area is 381 Å². The number of allylic oxidation sites excluding steroid dienone is 16. The van der Waals surface area contributed by atoms with E-state index < -0.39 is 6.10 Å². The first-order valence-corrected chi connectivity index (χ1v) is 25.3. The SMILES string of the molecule is CC/C=C\C/C=C\C/C=C\C/C=C\C/C=C\CCCC(=O)OCC(COC(=O)CCCCCCC/C=C\CCCCC)OC(=O)CCCCCCCC/C=C\C=C/CCCCC. The van der Waals surface area contributed by atoms with Crippen LogP contribution in [0.25, 0.3) is 0 Å². The summed E-state index contributed by atoms with van der Waals surface area (Å²) in [5.74, 6) is -0.992. The Morgan fingerprint density at radius 3 is 1.16 bits per heavy atom. The van der Waals surface area contributed by atoms with Crippen LogP contribution in [0.4, 0.5) is 0 Å². The van der Waals surface area contributed by atoms with E-state index in [1.807, 2.05) is 0 Å². The van der Waals surface area contributed by atoms with E-state index in [1.54, 1.807) is 0 Å². The molecule has 0 aliphatic carbocycles. The summed E-state index contributed by atoms with van der Waals surface area (Å²) >= 11 is 0. The van der Waals surface area contributed by atoms with Crippen LogP contribution in [-0.4, -0.2) is 37.2 Å². The smallest absolute Gasteiger partial charge is 0.306 e. The van der Waals surface area contributed by atoms with Crippen molar-refractivity contribution >= 4 is 17.9 Å². The summed E-state index contributed by atoms with van der Waals surface area (Å²) < 4.78 is 16.7. The van der Waals surface area contributed by atoms with Crippen LogP contribution in [0.5, 0.6) is 0 Å². The molecule has 0 amide bonds. The third-order valence-corrected chi connectivity index (χ3v) is 10.3. The van der Waals surface area contributed by atoms with Gasteiger partial charge in [0, 0.05) is 19.3 Å². The van der Waals surface area contributed by atoms with Gasteiger partial charge < -0.3 is 14.2 Å². The second-order valence-electron chi connectivity index (χ2n) is 16.4. The van der Waals surface area contributed by atoms with Crippen LogP contribution in [0.2, 0.25) is 0 Å². The molecule has 0 aromatic rings. The van der Waals surface area contributed by atoms with Crippen LogP contribution >= 0.6 is 0 Å². The summed E-state index contributed by atoms with van der Waals surface area (Å²) in [4.78, 5) is 37.9. The minimum absolute atomic E-state index is 0.106. The van der Waals surface area contributed by atoms with E-state index in [0.717, 1.165) is 103 Å². The van der Waals surface area contributed by atoms with Crippen molar-refractivity contribution in [2.45, 2.75) is 226 Å². The molecular formula is C56H92O6. The van der Waals surface area contributed by atoms with Crippen molar-refractivity contribution in [2.75, 3.05) is 13.2 Å². The third-order valence-electron chi connectivity index (χ3n) is 10.3. The number of ether oxygens (including phenoxy) is 3. The van der Waals surface area contributed by atoms with E-state index in [-0.39, 0.29) is 37.5 Å². The van der Waals surface area contributed by atoms with Gasteiger partial charge in [0.1, 0.15) is 13.2 Å². The molecular weight excluding hydrogens is 769 g/mol. The Morgan fingerprint density at radius 1 is 0.355 bits per heavy atom. The molecule has 352 valence electrons. The van der Waals surface area contributed by atoms with E-state index in [2.05, 4.69) is 118 Å². The van der Waals surface area contributed by atoms with Crippen molar-refractivity contribution in [3.63, 3.8) is 0 Å². The highest BCUT2D eigenvalue weighted by molar-refractivity contribution is 5.71. The minimum atomic E-state index is -0.810. The molecule has 0 radical (unpaired) electrons. The summed E-state index contributed by atoms with van der Waals surface area (Å²) in [5.41, 5.74) is 0. The van der Waals surface area contributed by atoms with Gasteiger partial charge in [0.15, 0.2) is 6.10 Å². The summed E-state index contributed by atoms with van der Waals surface area (Å²) in [7, 11) is 0. The van der Waals surface area contributed by atoms with Gasteiger partial charge >= 0.3 is 17.9 Å². The van der Waals surface area contributed by atoms with Crippen molar-refractivity contribution < 1.29 is 28.6 Å². The summed E-state index contributed by atoms with van der Waals surface area (Å²) in [6.07, 6.45) is 65.3. The van der Waals surface area contributed by atoms with E-state index in [0.29, 0.717) is 19.3 Å². The fraction of sp³-hybridized carbons (Fsp3) is 0.661. The monoisotopic (exact) mass is 861 g/mol. The molecule has 0 aliphatic rings. The minimum Gasteiger partial charge on any atom is -0.462 e. The van der Waals surface area contributed by atoms with Gasteiger partial charge in [-0.05, 0) is 109 Å². The van der Waals surface area contributed by atoms with Crippen LogP contribution < -0.4 is 0 Å². The van der Waals surface area contributed by atoms with Gasteiger partial charge in [0.2, 0.25) is 0 Å². The molecule has 1 unspecified atom stereocenters. The lowest BCUT2D eigenvalue weighted by molar-refractivity contribution is -0.167. The highest BCUT2D eigenvalue weighted by Gasteiger charge is 2.19. The Morgan fingerprint density at radius 2 is 0.694 bits per heavy atom. The second kappa shape index (κ2) is 50.0. The number of rotatable bonds is 44. The van der Waals surface area contributed by atoms with E-state index in [9.17, 15) is 14.4 Å². The van der Waals surface area contributed by atoms with Crippen molar-refractivity contribution in [3.8, 4) is 0 Å². The molecule has 6 nitrogen and oxygen atoms in total. The van der Waals surface area contributed by atoms with E-state index in [1.165, 1.54) is 70.6 Å². The van der Waals surface area contributed by atoms with Gasteiger partial charge in [0.05, 0.1) is 0 Å². The predicted molar refractivity (Wildman–Crippen MR) is 265 cm³/mol. The van der Waals surface area contributed by atoms with Crippen molar-refractivity contribution in [1.29, 1.82) is 0 Å². The molecule has 62 heavy (non-hydrogen) atoms. The second-order valence-corrected chi connectivity index (χ2v) is 16.4. The van der Waals surface area contributed by atoms with Crippen LogP contribution in [0.3, 0.4) is 0 Å². The van der Waals surface area contributed by atoms with Crippen LogP contribution in [0.15, 0.2) is 97.2 Å². The molecule has 0 saturated heterocycles. The van der Waals surface area contributed by atoms with Gasteiger partial charge in [-0.15, -0.1) is 0 Å². The molecule has 1 atom stereocenters. The average Bonchev–Trinajstić information content (AvgIpc) is 3.27. The Bertz CT molecular complexity index is 1260. The van der Waals surface area contributed by atoms with Crippen LogP contribution in [-0.2, 0) is 28.6 Å². The molecule has 0 heterocycles. The first-order chi connectivity index (χ1) is 30.5. The lowest BCUT2D eigenvalue weighted by atomic mass is 10.1. The predicted octanol–water partition coefficient (Wildman–Crippen LogP) is 16.6. The zero-order valence-electron chi connectivity index (χ0n) is 40.1. The summed E-state index contributed by atoms with van der Waals surface area (Å²) in [5, 5.41) is 0. The summed E-state index contributed by atoms with van der Waals surface area (Å²) in [6.45, 7) is 6.39. The Balaban J connectivity index is 4.52. The quantitative estimate of drug-likeness (QED) is 0.0200. The molecule has 0 saturated carbocycles. The molecule has 6 heteroatoms. The highest BCUT2D eigenvalue weighted by Crippen LogP contribution is 2.13. The van der Waals surface area contributed by atoms with Crippen LogP contribution in [0, 0.1) is 0 Å². The highest BCUT2D eigenvalue weighted by atomic mass is 16.6. The molecule has 0 spiro atoms. The number of hydrogen-bond acceptors (Lipinski definition) is 6. The van der Waals surface area contributed by atoms with Crippen molar-refractivity contribution in [1.82, 2.24) is 0 Å². The molecule has 0 fully saturated rings. The molecule has 0 bridgehead atoms. The number of hydrogen-bond donors (Lipinski definition) is 0. The number of carbonyl (C=O) groups is 3. The standard InChI is InChI=1S/C56H92O6/c1-4-7-10-13-16-19-22-25-27-28-30-31-34-37-40-43-46-49-55(58)61-52-53(51-60-54(57)48-45-42-39-36-33-24-21-18-15-12-9-6-3)62-56(59)50-47-44-41-38-35-32-29-26-23-20-17-14-11-8-5-2/h7,10,16-21,23,25-27,30-31,37,40,53H,4-6,8-9,11-15,22,24,28-29,32-36,38-39,41-52H2,1-3H3/b10-7-,19-16-,20-17-,21-18-,26-23-,27-25-,31-30-,40-37-. The average molecular weight is 861 g/mol. The fourth-order valence-corrected chi connectivity index (χ4v) is 6.52. The number of carbonyl (C=O) groups excluding carboxylic acids is 3. The first-order valence-electron chi connectivity index (χ1n) is 25.3. The number of unbranched alkanes of at least 4 members (excludes halogenated alkanes) is 18. The molecule has 0 aliphatic heterocycles.